The van der Waals surface area contributed by atoms with Gasteiger partial charge in [-0.15, -0.1) is 0 Å². The highest BCUT2D eigenvalue weighted by Crippen LogP contribution is 2.11. The van der Waals surface area contributed by atoms with Gasteiger partial charge in [0, 0.05) is 6.54 Å². The van der Waals surface area contributed by atoms with Crippen molar-refractivity contribution in [2.75, 3.05) is 20.1 Å². The molecular weight excluding hydrogens is 134 g/mol. The molecule has 1 heteroatoms. The summed E-state index contributed by atoms with van der Waals surface area (Å²) < 4.78 is 0. The van der Waals surface area contributed by atoms with Crippen LogP contribution in [0.15, 0.2) is 0 Å². The SMILES string of the molecule is CCCC(CC)CN(C)CC. The van der Waals surface area contributed by atoms with Crippen LogP contribution in [0.4, 0.5) is 0 Å². The van der Waals surface area contributed by atoms with Gasteiger partial charge >= 0.3 is 0 Å². The van der Waals surface area contributed by atoms with Crippen LogP contribution in [0, 0.1) is 5.92 Å². The first-order valence-corrected chi connectivity index (χ1v) is 4.93. The molecule has 1 atom stereocenters. The van der Waals surface area contributed by atoms with Gasteiger partial charge in [0.1, 0.15) is 0 Å². The standard InChI is InChI=1S/C10H23N/c1-5-8-10(6-2)9-11(4)7-3/h10H,5-9H2,1-4H3. The van der Waals surface area contributed by atoms with Crippen molar-refractivity contribution in [3.8, 4) is 0 Å². The highest BCUT2D eigenvalue weighted by molar-refractivity contribution is 4.60. The molecule has 0 fully saturated rings. The molecule has 0 aromatic rings. The van der Waals surface area contributed by atoms with Gasteiger partial charge in [0.15, 0.2) is 0 Å². The van der Waals surface area contributed by atoms with Gasteiger partial charge < -0.3 is 4.90 Å². The second-order valence-corrected chi connectivity index (χ2v) is 3.42. The first kappa shape index (κ1) is 11.0. The summed E-state index contributed by atoms with van der Waals surface area (Å²) in [6.07, 6.45) is 4.05. The van der Waals surface area contributed by atoms with Crippen molar-refractivity contribution in [2.45, 2.75) is 40.0 Å². The summed E-state index contributed by atoms with van der Waals surface area (Å²) >= 11 is 0. The van der Waals surface area contributed by atoms with Gasteiger partial charge in [0.2, 0.25) is 0 Å². The third-order valence-electron chi connectivity index (χ3n) is 2.38. The van der Waals surface area contributed by atoms with E-state index in [1.54, 1.807) is 0 Å². The van der Waals surface area contributed by atoms with E-state index in [-0.39, 0.29) is 0 Å². The summed E-state index contributed by atoms with van der Waals surface area (Å²) in [5, 5.41) is 0. The zero-order chi connectivity index (χ0) is 8.69. The summed E-state index contributed by atoms with van der Waals surface area (Å²) in [6.45, 7) is 9.25. The Morgan fingerprint density at radius 2 is 1.82 bits per heavy atom. The minimum atomic E-state index is 0.921. The van der Waals surface area contributed by atoms with Gasteiger partial charge in [-0.1, -0.05) is 33.6 Å². The first-order chi connectivity index (χ1) is 5.24. The number of rotatable bonds is 6. The van der Waals surface area contributed by atoms with Crippen molar-refractivity contribution >= 4 is 0 Å². The molecule has 68 valence electrons. The first-order valence-electron chi connectivity index (χ1n) is 4.93. The zero-order valence-corrected chi connectivity index (χ0v) is 8.56. The maximum atomic E-state index is 2.41. The Kier molecular flexibility index (Phi) is 6.63. The lowest BCUT2D eigenvalue weighted by Gasteiger charge is -2.21. The molecule has 1 nitrogen and oxygen atoms in total. The van der Waals surface area contributed by atoms with E-state index < -0.39 is 0 Å². The summed E-state index contributed by atoms with van der Waals surface area (Å²) in [6, 6.07) is 0. The molecule has 0 bridgehead atoms. The largest absolute Gasteiger partial charge is 0.306 e. The predicted octanol–water partition coefficient (Wildman–Crippen LogP) is 2.76. The van der Waals surface area contributed by atoms with E-state index in [0.29, 0.717) is 0 Å². The van der Waals surface area contributed by atoms with Crippen molar-refractivity contribution in [3.05, 3.63) is 0 Å². The summed E-state index contributed by atoms with van der Waals surface area (Å²) in [5.74, 6) is 0.921. The lowest BCUT2D eigenvalue weighted by Crippen LogP contribution is -2.25. The molecule has 0 saturated carbocycles. The van der Waals surface area contributed by atoms with Gasteiger partial charge in [0.05, 0.1) is 0 Å². The molecule has 0 aliphatic carbocycles. The summed E-state index contributed by atoms with van der Waals surface area (Å²) in [5.41, 5.74) is 0. The molecule has 0 radical (unpaired) electrons. The van der Waals surface area contributed by atoms with E-state index >= 15 is 0 Å². The fourth-order valence-electron chi connectivity index (χ4n) is 1.40. The van der Waals surface area contributed by atoms with Crippen LogP contribution < -0.4 is 0 Å². The third kappa shape index (κ3) is 5.25. The Bertz CT molecular complexity index is 80.9. The molecule has 0 heterocycles. The van der Waals surface area contributed by atoms with Crippen LogP contribution in [-0.2, 0) is 0 Å². The minimum Gasteiger partial charge on any atom is -0.306 e. The fraction of sp³-hybridized carbons (Fsp3) is 1.00. The molecule has 11 heavy (non-hydrogen) atoms. The third-order valence-corrected chi connectivity index (χ3v) is 2.38. The molecule has 1 unspecified atom stereocenters. The fourth-order valence-corrected chi connectivity index (χ4v) is 1.40. The molecule has 0 N–H and O–H groups in total. The maximum absolute atomic E-state index is 2.41. The zero-order valence-electron chi connectivity index (χ0n) is 8.56. The van der Waals surface area contributed by atoms with Crippen LogP contribution in [0.1, 0.15) is 40.0 Å². The lowest BCUT2D eigenvalue weighted by molar-refractivity contribution is 0.272. The van der Waals surface area contributed by atoms with Gasteiger partial charge in [0.25, 0.3) is 0 Å². The number of hydrogen-bond acceptors (Lipinski definition) is 1. The van der Waals surface area contributed by atoms with Crippen LogP contribution in [0.2, 0.25) is 0 Å². The topological polar surface area (TPSA) is 3.24 Å². The monoisotopic (exact) mass is 157 g/mol. The van der Waals surface area contributed by atoms with E-state index in [9.17, 15) is 0 Å². The second-order valence-electron chi connectivity index (χ2n) is 3.42. The Morgan fingerprint density at radius 3 is 2.18 bits per heavy atom. The van der Waals surface area contributed by atoms with E-state index in [4.69, 9.17) is 0 Å². The summed E-state index contributed by atoms with van der Waals surface area (Å²) in [7, 11) is 2.21. The van der Waals surface area contributed by atoms with E-state index in [1.165, 1.54) is 32.4 Å². The highest BCUT2D eigenvalue weighted by atomic mass is 15.1. The summed E-state index contributed by atoms with van der Waals surface area (Å²) in [4.78, 5) is 2.41. The Labute approximate surface area is 71.8 Å². The molecule has 0 aromatic heterocycles. The van der Waals surface area contributed by atoms with Crippen LogP contribution in [0.25, 0.3) is 0 Å². The molecule has 0 aliphatic heterocycles. The Morgan fingerprint density at radius 1 is 1.18 bits per heavy atom. The molecule has 0 amide bonds. The highest BCUT2D eigenvalue weighted by Gasteiger charge is 2.06. The number of hydrogen-bond donors (Lipinski definition) is 0. The van der Waals surface area contributed by atoms with E-state index in [1.807, 2.05) is 0 Å². The van der Waals surface area contributed by atoms with Gasteiger partial charge in [-0.25, -0.2) is 0 Å². The van der Waals surface area contributed by atoms with Crippen LogP contribution in [0.5, 0.6) is 0 Å². The molecule has 0 aromatic carbocycles. The van der Waals surface area contributed by atoms with Crippen molar-refractivity contribution in [1.82, 2.24) is 4.90 Å². The average molecular weight is 157 g/mol. The number of nitrogens with zero attached hydrogens (tertiary/aromatic N) is 1. The molecule has 0 aliphatic rings. The van der Waals surface area contributed by atoms with E-state index in [2.05, 4.69) is 32.7 Å². The Hall–Kier alpha value is -0.0400. The van der Waals surface area contributed by atoms with Gasteiger partial charge in [-0.3, -0.25) is 0 Å². The van der Waals surface area contributed by atoms with Crippen molar-refractivity contribution < 1.29 is 0 Å². The average Bonchev–Trinajstić information content (AvgIpc) is 2.03. The Balaban J connectivity index is 3.49. The predicted molar refractivity (Wildman–Crippen MR) is 51.9 cm³/mol. The molecule has 0 rings (SSSR count). The minimum absolute atomic E-state index is 0.921. The van der Waals surface area contributed by atoms with E-state index in [0.717, 1.165) is 5.92 Å². The molecule has 0 spiro atoms. The van der Waals surface area contributed by atoms with Crippen LogP contribution >= 0.6 is 0 Å². The van der Waals surface area contributed by atoms with Crippen LogP contribution in [0.3, 0.4) is 0 Å². The molecular formula is C10H23N. The normalized spacial score (nSPS) is 13.9. The molecule has 0 saturated heterocycles. The lowest BCUT2D eigenvalue weighted by atomic mass is 10.0. The van der Waals surface area contributed by atoms with Crippen LogP contribution in [-0.4, -0.2) is 25.0 Å². The second kappa shape index (κ2) is 6.66. The van der Waals surface area contributed by atoms with Crippen molar-refractivity contribution in [1.29, 1.82) is 0 Å². The van der Waals surface area contributed by atoms with Crippen molar-refractivity contribution in [2.24, 2.45) is 5.92 Å². The maximum Gasteiger partial charge on any atom is 0.000639 e. The quantitative estimate of drug-likeness (QED) is 0.573. The van der Waals surface area contributed by atoms with Crippen molar-refractivity contribution in [3.63, 3.8) is 0 Å². The van der Waals surface area contributed by atoms with Gasteiger partial charge in [-0.2, -0.15) is 0 Å². The van der Waals surface area contributed by atoms with Gasteiger partial charge in [-0.05, 0) is 25.9 Å². The smallest absolute Gasteiger partial charge is 0.000639 e.